The third-order valence-corrected chi connectivity index (χ3v) is 6.89. The number of nitro groups is 1. The molecule has 0 saturated heterocycles. The zero-order chi connectivity index (χ0) is 25.6. The molecule has 4 aromatic rings. The standard InChI is InChI=1S/C28H23Cl2N3O3/c1-28(2)15-23-25(24(34)16-28)26(31-20-9-13-22(14-10-20)33(35)36)27(17-3-5-18(29)6-4-17)32(23)21-11-7-19(30)8-12-21/h3-14,31H,15-16H2,1-2H3. The molecular weight excluding hydrogens is 497 g/mol. The Balaban J connectivity index is 1.79. The molecule has 0 fully saturated rings. The molecule has 0 bridgehead atoms. The van der Waals surface area contributed by atoms with Crippen LogP contribution in [0.1, 0.15) is 36.3 Å². The van der Waals surface area contributed by atoms with E-state index in [-0.39, 0.29) is 16.9 Å². The van der Waals surface area contributed by atoms with Gasteiger partial charge in [-0.05, 0) is 60.4 Å². The maximum Gasteiger partial charge on any atom is 0.269 e. The van der Waals surface area contributed by atoms with Crippen molar-refractivity contribution in [3.05, 3.63) is 104 Å². The predicted octanol–water partition coefficient (Wildman–Crippen LogP) is 8.26. The van der Waals surface area contributed by atoms with E-state index in [1.54, 1.807) is 12.1 Å². The zero-order valence-corrected chi connectivity index (χ0v) is 21.2. The number of carbonyl (C=O) groups is 1. The molecule has 36 heavy (non-hydrogen) atoms. The van der Waals surface area contributed by atoms with Crippen LogP contribution in [0.3, 0.4) is 0 Å². The molecule has 1 N–H and O–H groups in total. The van der Waals surface area contributed by atoms with Gasteiger partial charge >= 0.3 is 0 Å². The van der Waals surface area contributed by atoms with Gasteiger partial charge in [-0.25, -0.2) is 0 Å². The molecular formula is C28H23Cl2N3O3. The topological polar surface area (TPSA) is 77.2 Å². The second-order valence-electron chi connectivity index (χ2n) is 9.73. The first-order chi connectivity index (χ1) is 17.1. The Bertz CT molecular complexity index is 1470. The van der Waals surface area contributed by atoms with E-state index in [0.717, 1.165) is 22.6 Å². The molecule has 1 heterocycles. The molecule has 0 spiro atoms. The highest BCUT2D eigenvalue weighted by Gasteiger charge is 2.38. The Morgan fingerprint density at radius 1 is 0.889 bits per heavy atom. The van der Waals surface area contributed by atoms with Gasteiger partial charge in [0.15, 0.2) is 5.78 Å². The molecule has 6 nitrogen and oxygen atoms in total. The minimum absolute atomic E-state index is 0.00272. The minimum Gasteiger partial charge on any atom is -0.353 e. The summed E-state index contributed by atoms with van der Waals surface area (Å²) in [6.45, 7) is 4.19. The fourth-order valence-corrected chi connectivity index (χ4v) is 5.07. The summed E-state index contributed by atoms with van der Waals surface area (Å²) in [5.41, 5.74) is 5.19. The maximum atomic E-state index is 13.6. The summed E-state index contributed by atoms with van der Waals surface area (Å²) >= 11 is 12.4. The monoisotopic (exact) mass is 519 g/mol. The molecule has 1 aromatic heterocycles. The van der Waals surface area contributed by atoms with Gasteiger partial charge in [-0.3, -0.25) is 14.9 Å². The summed E-state index contributed by atoms with van der Waals surface area (Å²) in [4.78, 5) is 24.3. The molecule has 0 saturated carbocycles. The van der Waals surface area contributed by atoms with Crippen LogP contribution in [-0.4, -0.2) is 15.3 Å². The van der Waals surface area contributed by atoms with Crippen molar-refractivity contribution < 1.29 is 9.72 Å². The number of aromatic nitrogens is 1. The lowest BCUT2D eigenvalue weighted by Gasteiger charge is -2.30. The number of benzene rings is 3. The minimum atomic E-state index is -0.437. The van der Waals surface area contributed by atoms with Gasteiger partial charge < -0.3 is 9.88 Å². The van der Waals surface area contributed by atoms with E-state index in [9.17, 15) is 14.9 Å². The molecule has 5 rings (SSSR count). The summed E-state index contributed by atoms with van der Waals surface area (Å²) in [6, 6.07) is 21.2. The molecule has 1 aliphatic carbocycles. The number of nitrogens with one attached hydrogen (secondary N) is 1. The number of fused-ring (bicyclic) bond motifs is 1. The third-order valence-electron chi connectivity index (χ3n) is 6.38. The highest BCUT2D eigenvalue weighted by molar-refractivity contribution is 6.31. The second kappa shape index (κ2) is 9.12. The number of nitrogens with zero attached hydrogens (tertiary/aromatic N) is 2. The molecule has 0 unspecified atom stereocenters. The van der Waals surface area contributed by atoms with Crippen molar-refractivity contribution in [2.75, 3.05) is 5.32 Å². The maximum absolute atomic E-state index is 13.6. The Kier molecular flexibility index (Phi) is 6.10. The van der Waals surface area contributed by atoms with Crippen LogP contribution in [0.25, 0.3) is 16.9 Å². The molecule has 182 valence electrons. The third kappa shape index (κ3) is 4.50. The average molecular weight is 520 g/mol. The van der Waals surface area contributed by atoms with Crippen LogP contribution in [0.4, 0.5) is 17.1 Å². The summed E-state index contributed by atoms with van der Waals surface area (Å²) in [5, 5.41) is 15.8. The van der Waals surface area contributed by atoms with Crippen molar-refractivity contribution >= 4 is 46.0 Å². The Hall–Kier alpha value is -3.61. The van der Waals surface area contributed by atoms with E-state index in [1.807, 2.05) is 48.5 Å². The Morgan fingerprint density at radius 2 is 1.47 bits per heavy atom. The average Bonchev–Trinajstić information content (AvgIpc) is 3.13. The van der Waals surface area contributed by atoms with E-state index >= 15 is 0 Å². The smallest absolute Gasteiger partial charge is 0.269 e. The van der Waals surface area contributed by atoms with Crippen LogP contribution in [0.2, 0.25) is 10.0 Å². The number of hydrogen-bond donors (Lipinski definition) is 1. The van der Waals surface area contributed by atoms with Gasteiger partial charge in [-0.1, -0.05) is 49.2 Å². The lowest BCUT2D eigenvalue weighted by molar-refractivity contribution is -0.384. The quantitative estimate of drug-likeness (QED) is 0.212. The van der Waals surface area contributed by atoms with Crippen LogP contribution in [-0.2, 0) is 6.42 Å². The van der Waals surface area contributed by atoms with Crippen LogP contribution in [0.5, 0.6) is 0 Å². The van der Waals surface area contributed by atoms with E-state index < -0.39 is 4.92 Å². The summed E-state index contributed by atoms with van der Waals surface area (Å²) in [5.74, 6) is 0.0496. The Morgan fingerprint density at radius 3 is 2.06 bits per heavy atom. The fraction of sp³-hybridized carbons (Fsp3) is 0.179. The van der Waals surface area contributed by atoms with Gasteiger partial charge in [0.25, 0.3) is 5.69 Å². The van der Waals surface area contributed by atoms with E-state index in [4.69, 9.17) is 23.2 Å². The summed E-state index contributed by atoms with van der Waals surface area (Å²) < 4.78 is 2.11. The van der Waals surface area contributed by atoms with Gasteiger partial charge in [-0.15, -0.1) is 0 Å². The van der Waals surface area contributed by atoms with Gasteiger partial charge in [0.2, 0.25) is 0 Å². The van der Waals surface area contributed by atoms with Crippen LogP contribution >= 0.6 is 23.2 Å². The first-order valence-electron chi connectivity index (χ1n) is 11.5. The molecule has 0 aliphatic heterocycles. The number of hydrogen-bond acceptors (Lipinski definition) is 4. The number of non-ortho nitro benzene ring substituents is 1. The number of nitro benzene ring substituents is 1. The number of Topliss-reactive ketones (excluding diaryl/α,β-unsaturated/α-hetero) is 1. The van der Waals surface area contributed by atoms with Gasteiger partial charge in [0.1, 0.15) is 0 Å². The largest absolute Gasteiger partial charge is 0.353 e. The highest BCUT2D eigenvalue weighted by atomic mass is 35.5. The van der Waals surface area contributed by atoms with Crippen LogP contribution in [0.15, 0.2) is 72.8 Å². The van der Waals surface area contributed by atoms with Gasteiger partial charge in [0, 0.05) is 51.2 Å². The first kappa shape index (κ1) is 24.1. The number of halogens is 2. The van der Waals surface area contributed by atoms with E-state index in [0.29, 0.717) is 39.8 Å². The number of anilines is 2. The molecule has 0 radical (unpaired) electrons. The fourth-order valence-electron chi connectivity index (χ4n) is 4.82. The SMILES string of the molecule is CC1(C)CC(=O)c2c(Nc3ccc([N+](=O)[O-])cc3)c(-c3ccc(Cl)cc3)n(-c3ccc(Cl)cc3)c2C1. The van der Waals surface area contributed by atoms with Gasteiger partial charge in [0.05, 0.1) is 21.9 Å². The Labute approximate surface area is 218 Å². The summed E-state index contributed by atoms with van der Waals surface area (Å²) in [6.07, 6.45) is 1.11. The lowest BCUT2D eigenvalue weighted by Crippen LogP contribution is -2.28. The molecule has 0 amide bonds. The normalized spacial score (nSPS) is 14.4. The van der Waals surface area contributed by atoms with Crippen molar-refractivity contribution in [1.29, 1.82) is 0 Å². The molecule has 0 atom stereocenters. The number of rotatable bonds is 5. The molecule has 3 aromatic carbocycles. The first-order valence-corrected chi connectivity index (χ1v) is 12.2. The van der Waals surface area contributed by atoms with Crippen molar-refractivity contribution in [2.45, 2.75) is 26.7 Å². The van der Waals surface area contributed by atoms with Crippen molar-refractivity contribution in [1.82, 2.24) is 4.57 Å². The number of carbonyl (C=O) groups excluding carboxylic acids is 1. The molecule has 1 aliphatic rings. The number of ketones is 1. The van der Waals surface area contributed by atoms with Crippen LogP contribution in [0, 0.1) is 15.5 Å². The van der Waals surface area contributed by atoms with Crippen molar-refractivity contribution in [2.24, 2.45) is 5.41 Å². The van der Waals surface area contributed by atoms with Gasteiger partial charge in [-0.2, -0.15) is 0 Å². The second-order valence-corrected chi connectivity index (χ2v) is 10.6. The zero-order valence-electron chi connectivity index (χ0n) is 19.7. The van der Waals surface area contributed by atoms with E-state index in [1.165, 1.54) is 12.1 Å². The highest BCUT2D eigenvalue weighted by Crippen LogP contribution is 2.47. The predicted molar refractivity (Wildman–Crippen MR) is 144 cm³/mol. The summed E-state index contributed by atoms with van der Waals surface area (Å²) in [7, 11) is 0. The van der Waals surface area contributed by atoms with Crippen molar-refractivity contribution in [3.63, 3.8) is 0 Å². The lowest BCUT2D eigenvalue weighted by atomic mass is 9.76. The van der Waals surface area contributed by atoms with Crippen molar-refractivity contribution in [3.8, 4) is 16.9 Å². The molecule has 8 heteroatoms. The van der Waals surface area contributed by atoms with Crippen LogP contribution < -0.4 is 5.32 Å². The van der Waals surface area contributed by atoms with E-state index in [2.05, 4.69) is 23.7 Å².